The molecule has 0 radical (unpaired) electrons. The third kappa shape index (κ3) is 22.1. The predicted molar refractivity (Wildman–Crippen MR) is 130 cm³/mol. The summed E-state index contributed by atoms with van der Waals surface area (Å²) in [7, 11) is -5.01. The first-order valence-electron chi connectivity index (χ1n) is 12.7. The fourth-order valence-corrected chi connectivity index (χ4v) is 4.21. The molecule has 0 rings (SSSR count). The quantitative estimate of drug-likeness (QED) is 0.0720. The molecule has 0 aliphatic rings. The van der Waals surface area contributed by atoms with Gasteiger partial charge in [-0.15, -0.1) is 0 Å². The van der Waals surface area contributed by atoms with Crippen molar-refractivity contribution in [3.63, 3.8) is 0 Å². The summed E-state index contributed by atoms with van der Waals surface area (Å²) in [5.74, 6) is -2.17. The van der Waals surface area contributed by atoms with Crippen LogP contribution in [0.2, 0.25) is 0 Å². The fraction of sp³-hybridized carbons (Fsp3) is 0.840. The summed E-state index contributed by atoms with van der Waals surface area (Å²) in [5, 5.41) is -2.07. The van der Waals surface area contributed by atoms with Crippen LogP contribution in [0.4, 0.5) is 0 Å². The zero-order valence-electron chi connectivity index (χ0n) is 21.7. The predicted octanol–water partition coefficient (Wildman–Crippen LogP) is 3.18. The molecule has 0 N–H and O–H groups in total. The second-order valence-electron chi connectivity index (χ2n) is 8.62. The molecule has 0 aromatic carbocycles. The van der Waals surface area contributed by atoms with Gasteiger partial charge in [-0.2, -0.15) is 0 Å². The van der Waals surface area contributed by atoms with Crippen molar-refractivity contribution >= 4 is 22.1 Å². The van der Waals surface area contributed by atoms with Gasteiger partial charge < -0.3 is 14.0 Å². The number of hydrogen-bond donors (Lipinski definition) is 0. The number of rotatable bonds is 22. The number of carbonyl (C=O) groups is 2. The van der Waals surface area contributed by atoms with E-state index in [1.165, 1.54) is 83.1 Å². The van der Waals surface area contributed by atoms with Crippen molar-refractivity contribution in [2.45, 2.75) is 128 Å². The van der Waals surface area contributed by atoms with E-state index in [2.05, 4.69) is 11.7 Å². The Balaban J connectivity index is 0. The normalized spacial score (nSPS) is 12.3. The minimum Gasteiger partial charge on any atom is -0.747 e. The topological polar surface area (TPSA) is 110 Å². The van der Waals surface area contributed by atoms with E-state index < -0.39 is 33.7 Å². The summed E-state index contributed by atoms with van der Waals surface area (Å²) >= 11 is 0. The van der Waals surface area contributed by atoms with Crippen LogP contribution in [0.1, 0.15) is 123 Å². The molecule has 0 bridgehead atoms. The molecule has 0 saturated carbocycles. The maximum absolute atomic E-state index is 11.9. The Morgan fingerprint density at radius 3 is 1.59 bits per heavy atom. The summed E-state index contributed by atoms with van der Waals surface area (Å²) in [6, 6.07) is 0. The van der Waals surface area contributed by atoms with Crippen LogP contribution in [-0.4, -0.2) is 36.8 Å². The van der Waals surface area contributed by atoms with E-state index >= 15 is 0 Å². The molecule has 0 amide bonds. The molecule has 1 atom stereocenters. The molecule has 0 saturated heterocycles. The number of carbonyl (C=O) groups excluding carboxylic acids is 2. The molecule has 7 nitrogen and oxygen atoms in total. The van der Waals surface area contributed by atoms with Gasteiger partial charge in [-0.1, -0.05) is 109 Å². The van der Waals surface area contributed by atoms with Crippen LogP contribution < -0.4 is 29.6 Å². The van der Waals surface area contributed by atoms with Crippen molar-refractivity contribution in [2.75, 3.05) is 6.61 Å². The van der Waals surface area contributed by atoms with Gasteiger partial charge >= 0.3 is 41.5 Å². The molecular weight excluding hydrogens is 467 g/mol. The van der Waals surface area contributed by atoms with Crippen molar-refractivity contribution in [3.05, 3.63) is 12.3 Å². The number of allylic oxidation sites excluding steroid dienone is 1. The first kappa shape index (κ1) is 35.8. The third-order valence-corrected chi connectivity index (χ3v) is 6.60. The monoisotopic (exact) mass is 512 g/mol. The van der Waals surface area contributed by atoms with Crippen LogP contribution in [0.25, 0.3) is 0 Å². The van der Waals surface area contributed by atoms with E-state index in [1.54, 1.807) is 6.92 Å². The number of ether oxygens (including phenoxy) is 2. The Hall–Kier alpha value is -0.410. The molecule has 0 fully saturated rings. The van der Waals surface area contributed by atoms with Gasteiger partial charge in [0.15, 0.2) is 5.25 Å². The molecular formula is C25H45NaO7S. The maximum Gasteiger partial charge on any atom is 1.00 e. The van der Waals surface area contributed by atoms with Crippen LogP contribution >= 0.6 is 0 Å². The van der Waals surface area contributed by atoms with Crippen molar-refractivity contribution in [1.29, 1.82) is 0 Å². The van der Waals surface area contributed by atoms with Gasteiger partial charge in [0.2, 0.25) is 0 Å². The van der Waals surface area contributed by atoms with E-state index in [0.29, 0.717) is 6.42 Å². The average Bonchev–Trinajstić information content (AvgIpc) is 2.77. The van der Waals surface area contributed by atoms with Crippen molar-refractivity contribution < 1.29 is 61.6 Å². The second kappa shape index (κ2) is 24.3. The van der Waals surface area contributed by atoms with Gasteiger partial charge in [0, 0.05) is 0 Å². The van der Waals surface area contributed by atoms with Crippen molar-refractivity contribution in [1.82, 2.24) is 0 Å². The van der Waals surface area contributed by atoms with Crippen LogP contribution in [-0.2, 0) is 29.2 Å². The molecule has 194 valence electrons. The summed E-state index contributed by atoms with van der Waals surface area (Å²) < 4.78 is 43.3. The standard InChI is InChI=1S/C25H46O7S.Na/c1-3-5-6-7-8-9-10-11-12-13-14-15-16-17-18-19-21-32-25(27)23(33(28,29)30)22-24(26)31-20-4-2;/h4,20,23H,3,5-19,21-22H2,1-2H3,(H,28,29,30);/q;+1/p-1/b20-4+;. The largest absolute Gasteiger partial charge is 1.00 e. The first-order chi connectivity index (χ1) is 15.8. The molecule has 0 aliphatic carbocycles. The Kier molecular flexibility index (Phi) is 25.5. The van der Waals surface area contributed by atoms with Crippen molar-refractivity contribution in [3.8, 4) is 0 Å². The molecule has 0 aliphatic heterocycles. The molecule has 0 spiro atoms. The SMILES string of the molecule is C/C=C/OC(=O)CC(C(=O)OCCCCCCCCCCCCCCCCCC)S(=O)(=O)[O-].[Na+]. The molecule has 0 heterocycles. The molecule has 9 heteroatoms. The van der Waals surface area contributed by atoms with E-state index in [4.69, 9.17) is 4.74 Å². The number of esters is 2. The maximum atomic E-state index is 11.9. The average molecular weight is 513 g/mol. The minimum atomic E-state index is -5.01. The molecule has 0 aromatic rings. The van der Waals surface area contributed by atoms with Crippen LogP contribution in [0.3, 0.4) is 0 Å². The van der Waals surface area contributed by atoms with Gasteiger partial charge in [-0.05, 0) is 13.3 Å². The van der Waals surface area contributed by atoms with Crippen molar-refractivity contribution in [2.24, 2.45) is 0 Å². The Labute approximate surface area is 229 Å². The van der Waals surface area contributed by atoms with Gasteiger partial charge in [0.05, 0.1) is 19.3 Å². The van der Waals surface area contributed by atoms with Crippen LogP contribution in [0.15, 0.2) is 12.3 Å². The molecule has 0 aromatic heterocycles. The number of unbranched alkanes of at least 4 members (excludes halogenated alkanes) is 15. The zero-order chi connectivity index (χ0) is 24.8. The Morgan fingerprint density at radius 1 is 0.794 bits per heavy atom. The van der Waals surface area contributed by atoms with Gasteiger partial charge in [-0.25, -0.2) is 8.42 Å². The minimum absolute atomic E-state index is 0. The Morgan fingerprint density at radius 2 is 1.21 bits per heavy atom. The van der Waals surface area contributed by atoms with E-state index in [0.717, 1.165) is 25.5 Å². The number of hydrogen-bond acceptors (Lipinski definition) is 7. The van der Waals surface area contributed by atoms with Gasteiger partial charge in [0.1, 0.15) is 10.1 Å². The van der Waals surface area contributed by atoms with E-state index in [-0.39, 0.29) is 36.2 Å². The second-order valence-corrected chi connectivity index (χ2v) is 10.2. The smallest absolute Gasteiger partial charge is 0.747 e. The first-order valence-corrected chi connectivity index (χ1v) is 14.2. The summed E-state index contributed by atoms with van der Waals surface area (Å²) in [4.78, 5) is 23.4. The van der Waals surface area contributed by atoms with Crippen LogP contribution in [0, 0.1) is 0 Å². The van der Waals surface area contributed by atoms with Gasteiger partial charge in [-0.3, -0.25) is 9.59 Å². The third-order valence-electron chi connectivity index (χ3n) is 5.54. The van der Waals surface area contributed by atoms with E-state index in [9.17, 15) is 22.6 Å². The summed E-state index contributed by atoms with van der Waals surface area (Å²) in [6.45, 7) is 3.88. The van der Waals surface area contributed by atoms with Crippen LogP contribution in [0.5, 0.6) is 0 Å². The summed E-state index contributed by atoms with van der Waals surface area (Å²) in [5.41, 5.74) is 0. The summed E-state index contributed by atoms with van der Waals surface area (Å²) in [6.07, 6.45) is 21.2. The van der Waals surface area contributed by atoms with Gasteiger partial charge in [0.25, 0.3) is 0 Å². The van der Waals surface area contributed by atoms with E-state index in [1.807, 2.05) is 0 Å². The molecule has 1 unspecified atom stereocenters. The molecule has 34 heavy (non-hydrogen) atoms. The zero-order valence-corrected chi connectivity index (χ0v) is 24.5. The fourth-order valence-electron chi connectivity index (χ4n) is 3.56. The Bertz CT molecular complexity index is 635.